The Kier molecular flexibility index (Phi) is 6.73. The van der Waals surface area contributed by atoms with Crippen molar-refractivity contribution in [1.82, 2.24) is 10.2 Å². The zero-order chi connectivity index (χ0) is 16.8. The molecule has 0 aromatic carbocycles. The number of morpholine rings is 1. The summed E-state index contributed by atoms with van der Waals surface area (Å²) in [5, 5.41) is 4.29. The summed E-state index contributed by atoms with van der Waals surface area (Å²) in [6.45, 7) is 4.99. The number of thiophene rings is 1. The fourth-order valence-corrected chi connectivity index (χ4v) is 3.26. The van der Waals surface area contributed by atoms with Crippen LogP contribution < -0.4 is 10.1 Å². The topological polar surface area (TPSA) is 50.8 Å². The molecule has 1 N–H and O–H groups in total. The van der Waals surface area contributed by atoms with E-state index in [-0.39, 0.29) is 16.7 Å². The van der Waals surface area contributed by atoms with Crippen LogP contribution in [-0.2, 0) is 4.74 Å². The van der Waals surface area contributed by atoms with Gasteiger partial charge in [0, 0.05) is 26.2 Å². The summed E-state index contributed by atoms with van der Waals surface area (Å²) >= 11 is 1.07. The maximum absolute atomic E-state index is 12.3. The fourth-order valence-electron chi connectivity index (χ4n) is 2.52. The second-order valence-corrected chi connectivity index (χ2v) is 6.76. The van der Waals surface area contributed by atoms with Crippen LogP contribution in [0.25, 0.3) is 0 Å². The standard InChI is InChI=1S/C15H22F2N2O3S/c1-10(2)8-19-4-5-21-11(9-19)7-18-14(20)13-12(3-6-23-13)22-15(16)17/h3,6,10-11,15H,4-5,7-9H2,1-2H3,(H,18,20)/t11-/m0/s1. The molecule has 2 rings (SSSR count). The Morgan fingerprint density at radius 1 is 1.57 bits per heavy atom. The largest absolute Gasteiger partial charge is 0.433 e. The van der Waals surface area contributed by atoms with E-state index >= 15 is 0 Å². The van der Waals surface area contributed by atoms with E-state index in [1.807, 2.05) is 0 Å². The lowest BCUT2D eigenvalue weighted by Gasteiger charge is -2.33. The van der Waals surface area contributed by atoms with E-state index in [2.05, 4.69) is 28.8 Å². The van der Waals surface area contributed by atoms with Crippen molar-refractivity contribution in [2.24, 2.45) is 5.92 Å². The number of carbonyl (C=O) groups excluding carboxylic acids is 1. The van der Waals surface area contributed by atoms with E-state index < -0.39 is 12.5 Å². The molecule has 0 radical (unpaired) electrons. The van der Waals surface area contributed by atoms with E-state index in [0.29, 0.717) is 19.1 Å². The molecule has 1 aliphatic heterocycles. The molecule has 1 atom stereocenters. The van der Waals surface area contributed by atoms with Crippen LogP contribution in [-0.4, -0.2) is 56.3 Å². The summed E-state index contributed by atoms with van der Waals surface area (Å²) in [5.41, 5.74) is 0. The number of carbonyl (C=O) groups is 1. The lowest BCUT2D eigenvalue weighted by atomic mass is 10.2. The van der Waals surface area contributed by atoms with Crippen molar-refractivity contribution in [3.8, 4) is 5.75 Å². The maximum atomic E-state index is 12.3. The molecule has 0 bridgehead atoms. The van der Waals surface area contributed by atoms with Crippen molar-refractivity contribution >= 4 is 17.2 Å². The first-order valence-electron chi connectivity index (χ1n) is 7.60. The van der Waals surface area contributed by atoms with Gasteiger partial charge in [0.05, 0.1) is 12.7 Å². The van der Waals surface area contributed by atoms with E-state index in [1.165, 1.54) is 6.07 Å². The molecular weight excluding hydrogens is 326 g/mol. The molecule has 1 amide bonds. The van der Waals surface area contributed by atoms with Gasteiger partial charge < -0.3 is 14.8 Å². The summed E-state index contributed by atoms with van der Waals surface area (Å²) in [5.74, 6) is 0.0669. The second kappa shape index (κ2) is 8.56. The number of nitrogens with zero attached hydrogens (tertiary/aromatic N) is 1. The highest BCUT2D eigenvalue weighted by molar-refractivity contribution is 7.12. The monoisotopic (exact) mass is 348 g/mol. The number of hydrogen-bond acceptors (Lipinski definition) is 5. The lowest BCUT2D eigenvalue weighted by molar-refractivity contribution is -0.0499. The first-order chi connectivity index (χ1) is 11.0. The van der Waals surface area contributed by atoms with Gasteiger partial charge in [0.1, 0.15) is 10.6 Å². The summed E-state index contributed by atoms with van der Waals surface area (Å²) < 4.78 is 34.6. The van der Waals surface area contributed by atoms with Crippen molar-refractivity contribution in [3.63, 3.8) is 0 Å². The highest BCUT2D eigenvalue weighted by atomic mass is 32.1. The van der Waals surface area contributed by atoms with Gasteiger partial charge in [-0.2, -0.15) is 8.78 Å². The molecule has 1 saturated heterocycles. The van der Waals surface area contributed by atoms with Crippen molar-refractivity contribution in [3.05, 3.63) is 16.3 Å². The van der Waals surface area contributed by atoms with E-state index in [4.69, 9.17) is 4.74 Å². The van der Waals surface area contributed by atoms with Crippen LogP contribution in [0.1, 0.15) is 23.5 Å². The highest BCUT2D eigenvalue weighted by Crippen LogP contribution is 2.26. The zero-order valence-corrected chi connectivity index (χ0v) is 14.1. The highest BCUT2D eigenvalue weighted by Gasteiger charge is 2.23. The van der Waals surface area contributed by atoms with E-state index in [9.17, 15) is 13.6 Å². The quantitative estimate of drug-likeness (QED) is 0.822. The Hall–Kier alpha value is -1.25. The van der Waals surface area contributed by atoms with Crippen LogP contribution in [0.3, 0.4) is 0 Å². The molecule has 5 nitrogen and oxygen atoms in total. The van der Waals surface area contributed by atoms with Gasteiger partial charge in [0.15, 0.2) is 0 Å². The van der Waals surface area contributed by atoms with Gasteiger partial charge in [0.2, 0.25) is 0 Å². The SMILES string of the molecule is CC(C)CN1CCO[C@@H](CNC(=O)c2sccc2OC(F)F)C1. The third-order valence-electron chi connectivity index (χ3n) is 3.39. The molecular formula is C15H22F2N2O3S. The molecule has 0 spiro atoms. The summed E-state index contributed by atoms with van der Waals surface area (Å²) in [7, 11) is 0. The number of rotatable bonds is 7. The van der Waals surface area contributed by atoms with Crippen LogP contribution in [0.15, 0.2) is 11.4 Å². The van der Waals surface area contributed by atoms with Gasteiger partial charge in [-0.3, -0.25) is 9.69 Å². The molecule has 1 aromatic rings. The Morgan fingerprint density at radius 2 is 2.35 bits per heavy atom. The average Bonchev–Trinajstić information content (AvgIpc) is 2.92. The number of alkyl halides is 2. The number of amides is 1. The number of halogens is 2. The predicted molar refractivity (Wildman–Crippen MR) is 84.3 cm³/mol. The first kappa shape index (κ1) is 18.1. The van der Waals surface area contributed by atoms with Gasteiger partial charge in [0.25, 0.3) is 5.91 Å². The van der Waals surface area contributed by atoms with Crippen molar-refractivity contribution in [2.45, 2.75) is 26.6 Å². The van der Waals surface area contributed by atoms with Crippen molar-refractivity contribution < 1.29 is 23.0 Å². The smallest absolute Gasteiger partial charge is 0.387 e. The average molecular weight is 348 g/mol. The van der Waals surface area contributed by atoms with E-state index in [1.54, 1.807) is 5.38 Å². The lowest BCUT2D eigenvalue weighted by Crippen LogP contribution is -2.48. The Labute approximate surface area is 138 Å². The minimum atomic E-state index is -2.94. The normalized spacial score (nSPS) is 19.3. The predicted octanol–water partition coefficient (Wildman–Crippen LogP) is 2.44. The Bertz CT molecular complexity index is 511. The van der Waals surface area contributed by atoms with E-state index in [0.717, 1.165) is 31.0 Å². The van der Waals surface area contributed by atoms with Crippen LogP contribution in [0.5, 0.6) is 5.75 Å². The molecule has 1 aliphatic rings. The first-order valence-corrected chi connectivity index (χ1v) is 8.48. The van der Waals surface area contributed by atoms with Gasteiger partial charge in [-0.1, -0.05) is 13.8 Å². The molecule has 0 saturated carbocycles. The Balaban J connectivity index is 1.83. The van der Waals surface area contributed by atoms with Crippen LogP contribution in [0.4, 0.5) is 8.78 Å². The minimum Gasteiger partial charge on any atom is -0.433 e. The van der Waals surface area contributed by atoms with Gasteiger partial charge in [-0.05, 0) is 17.4 Å². The number of ether oxygens (including phenoxy) is 2. The van der Waals surface area contributed by atoms with Crippen LogP contribution >= 0.6 is 11.3 Å². The zero-order valence-electron chi connectivity index (χ0n) is 13.3. The second-order valence-electron chi connectivity index (χ2n) is 5.85. The Morgan fingerprint density at radius 3 is 3.04 bits per heavy atom. The molecule has 0 unspecified atom stereocenters. The summed E-state index contributed by atoms with van der Waals surface area (Å²) in [4.78, 5) is 14.6. The van der Waals surface area contributed by atoms with Crippen LogP contribution in [0.2, 0.25) is 0 Å². The summed E-state index contributed by atoms with van der Waals surface area (Å²) in [6, 6.07) is 1.37. The fraction of sp³-hybridized carbons (Fsp3) is 0.667. The third-order valence-corrected chi connectivity index (χ3v) is 4.28. The van der Waals surface area contributed by atoms with Crippen molar-refractivity contribution in [1.29, 1.82) is 0 Å². The molecule has 2 heterocycles. The molecule has 23 heavy (non-hydrogen) atoms. The number of nitrogens with one attached hydrogen (secondary N) is 1. The molecule has 130 valence electrons. The minimum absolute atomic E-state index is 0.0894. The molecule has 1 fully saturated rings. The van der Waals surface area contributed by atoms with Crippen molar-refractivity contribution in [2.75, 3.05) is 32.8 Å². The van der Waals surface area contributed by atoms with Gasteiger partial charge in [-0.15, -0.1) is 11.3 Å². The molecule has 0 aliphatic carbocycles. The summed E-state index contributed by atoms with van der Waals surface area (Å²) in [6.07, 6.45) is -0.0918. The van der Waals surface area contributed by atoms with Gasteiger partial charge >= 0.3 is 6.61 Å². The maximum Gasteiger partial charge on any atom is 0.387 e. The third kappa shape index (κ3) is 5.71. The molecule has 8 heteroatoms. The number of hydrogen-bond donors (Lipinski definition) is 1. The van der Waals surface area contributed by atoms with Gasteiger partial charge in [-0.25, -0.2) is 0 Å². The molecule has 1 aromatic heterocycles. The van der Waals surface area contributed by atoms with Crippen LogP contribution in [0, 0.1) is 5.92 Å².